The third-order valence-corrected chi connectivity index (χ3v) is 5.80. The van der Waals surface area contributed by atoms with Crippen molar-refractivity contribution in [3.8, 4) is 0 Å². The van der Waals surface area contributed by atoms with Gasteiger partial charge in [0.05, 0.1) is 35.0 Å². The minimum absolute atomic E-state index is 0.00806. The Bertz CT molecular complexity index is 687. The Labute approximate surface area is 142 Å². The lowest BCUT2D eigenvalue weighted by Gasteiger charge is -2.36. The fourth-order valence-corrected chi connectivity index (χ4v) is 4.42. The maximum absolute atomic E-state index is 12.5. The summed E-state index contributed by atoms with van der Waals surface area (Å²) < 4.78 is 5.90. The number of fused-ring (bicyclic) bond motifs is 1. The van der Waals surface area contributed by atoms with Gasteiger partial charge in [0.15, 0.2) is 0 Å². The Balaban J connectivity index is 1.47. The van der Waals surface area contributed by atoms with Gasteiger partial charge >= 0.3 is 0 Å². The van der Waals surface area contributed by atoms with Crippen LogP contribution in [0, 0.1) is 6.92 Å². The van der Waals surface area contributed by atoms with E-state index in [9.17, 15) is 4.79 Å². The maximum Gasteiger partial charge on any atom is 0.273 e. The molecule has 2 aliphatic rings. The Hall–Kier alpha value is -1.35. The van der Waals surface area contributed by atoms with Crippen molar-refractivity contribution in [3.05, 3.63) is 32.7 Å². The van der Waals surface area contributed by atoms with E-state index >= 15 is 0 Å². The third kappa shape index (κ3) is 3.03. The van der Waals surface area contributed by atoms with E-state index in [0.29, 0.717) is 25.4 Å². The summed E-state index contributed by atoms with van der Waals surface area (Å²) >= 11 is 3.13. The van der Waals surface area contributed by atoms with E-state index in [0.717, 1.165) is 23.8 Å². The molecular formula is C15H18N4O2S2. The van der Waals surface area contributed by atoms with Crippen LogP contribution in [-0.2, 0) is 11.3 Å². The van der Waals surface area contributed by atoms with E-state index in [1.54, 1.807) is 22.2 Å². The molecule has 0 aromatic carbocycles. The SMILES string of the molecule is Cc1nc(CN2CCO[C@H]3CN(C(=O)c4cscn4)C[C@H]32)cs1. The van der Waals surface area contributed by atoms with Crippen LogP contribution in [0.5, 0.6) is 0 Å². The van der Waals surface area contributed by atoms with Gasteiger partial charge in [-0.15, -0.1) is 22.7 Å². The Kier molecular flexibility index (Phi) is 4.14. The summed E-state index contributed by atoms with van der Waals surface area (Å²) in [6, 6.07) is 0.244. The summed E-state index contributed by atoms with van der Waals surface area (Å²) in [7, 11) is 0. The molecule has 0 aliphatic carbocycles. The first-order valence-corrected chi connectivity index (χ1v) is 9.47. The lowest BCUT2D eigenvalue weighted by atomic mass is 10.1. The van der Waals surface area contributed by atoms with E-state index in [1.807, 2.05) is 11.8 Å². The van der Waals surface area contributed by atoms with Gasteiger partial charge in [-0.05, 0) is 6.92 Å². The molecule has 2 aromatic rings. The number of morpholine rings is 1. The summed E-state index contributed by atoms with van der Waals surface area (Å²) in [5, 5.41) is 5.02. The van der Waals surface area contributed by atoms with Crippen molar-refractivity contribution < 1.29 is 9.53 Å². The van der Waals surface area contributed by atoms with Gasteiger partial charge in [0.2, 0.25) is 0 Å². The van der Waals surface area contributed by atoms with Gasteiger partial charge in [-0.2, -0.15) is 0 Å². The van der Waals surface area contributed by atoms with Crippen LogP contribution in [0.25, 0.3) is 0 Å². The molecule has 0 radical (unpaired) electrons. The zero-order valence-electron chi connectivity index (χ0n) is 12.8. The average Bonchev–Trinajstić information content (AvgIpc) is 3.26. The molecule has 2 aromatic heterocycles. The molecule has 0 unspecified atom stereocenters. The van der Waals surface area contributed by atoms with E-state index in [1.165, 1.54) is 11.3 Å². The molecule has 2 fully saturated rings. The quantitative estimate of drug-likeness (QED) is 0.842. The van der Waals surface area contributed by atoms with Crippen molar-refractivity contribution in [3.63, 3.8) is 0 Å². The summed E-state index contributed by atoms with van der Waals surface area (Å²) in [5.74, 6) is 0.00806. The molecule has 4 rings (SSSR count). The van der Waals surface area contributed by atoms with Gasteiger partial charge in [-0.3, -0.25) is 9.69 Å². The molecular weight excluding hydrogens is 332 g/mol. The van der Waals surface area contributed by atoms with Crippen LogP contribution in [0.1, 0.15) is 21.2 Å². The second-order valence-electron chi connectivity index (χ2n) is 5.89. The fraction of sp³-hybridized carbons (Fsp3) is 0.533. The van der Waals surface area contributed by atoms with Crippen LogP contribution in [0.3, 0.4) is 0 Å². The van der Waals surface area contributed by atoms with Gasteiger partial charge in [0.25, 0.3) is 5.91 Å². The third-order valence-electron chi connectivity index (χ3n) is 4.39. The van der Waals surface area contributed by atoms with Crippen LogP contribution in [0.15, 0.2) is 16.3 Å². The molecule has 0 spiro atoms. The summed E-state index contributed by atoms with van der Waals surface area (Å²) in [5.41, 5.74) is 3.34. The van der Waals surface area contributed by atoms with Crippen molar-refractivity contribution in [2.75, 3.05) is 26.2 Å². The number of likely N-dealkylation sites (tertiary alicyclic amines) is 1. The lowest BCUT2D eigenvalue weighted by molar-refractivity contribution is -0.0507. The van der Waals surface area contributed by atoms with Gasteiger partial charge in [0.1, 0.15) is 5.69 Å². The zero-order chi connectivity index (χ0) is 15.8. The second kappa shape index (κ2) is 6.27. The van der Waals surface area contributed by atoms with E-state index in [-0.39, 0.29) is 18.1 Å². The number of carbonyl (C=O) groups excluding carboxylic acids is 1. The number of rotatable bonds is 3. The number of aromatic nitrogens is 2. The zero-order valence-corrected chi connectivity index (χ0v) is 14.5. The number of thiazole rings is 2. The van der Waals surface area contributed by atoms with E-state index in [4.69, 9.17) is 4.74 Å². The first-order chi connectivity index (χ1) is 11.2. The lowest BCUT2D eigenvalue weighted by Crippen LogP contribution is -2.50. The van der Waals surface area contributed by atoms with Crippen LogP contribution in [-0.4, -0.2) is 64.1 Å². The average molecular weight is 350 g/mol. The molecule has 0 bridgehead atoms. The standard InChI is InChI=1S/C15H18N4O2S2/c1-10-17-11(7-23-10)4-18-2-3-21-14-6-19(5-13(14)18)15(20)12-8-22-9-16-12/h7-9,13-14H,2-6H2,1H3/t13-,14+/m1/s1. The monoisotopic (exact) mass is 350 g/mol. The number of amides is 1. The molecule has 23 heavy (non-hydrogen) atoms. The highest BCUT2D eigenvalue weighted by Gasteiger charge is 2.42. The van der Waals surface area contributed by atoms with Crippen molar-refractivity contribution in [2.24, 2.45) is 0 Å². The Morgan fingerprint density at radius 1 is 1.43 bits per heavy atom. The number of aryl methyl sites for hydroxylation is 1. The van der Waals surface area contributed by atoms with Crippen molar-refractivity contribution >= 4 is 28.6 Å². The number of ether oxygens (including phenoxy) is 1. The van der Waals surface area contributed by atoms with Crippen molar-refractivity contribution in [2.45, 2.75) is 25.6 Å². The molecule has 2 saturated heterocycles. The van der Waals surface area contributed by atoms with Gasteiger partial charge in [-0.1, -0.05) is 0 Å². The first kappa shape index (κ1) is 15.2. The van der Waals surface area contributed by atoms with Crippen LogP contribution in [0.4, 0.5) is 0 Å². The second-order valence-corrected chi connectivity index (χ2v) is 7.67. The number of nitrogens with zero attached hydrogens (tertiary/aromatic N) is 4. The maximum atomic E-state index is 12.5. The highest BCUT2D eigenvalue weighted by Crippen LogP contribution is 2.26. The van der Waals surface area contributed by atoms with E-state index in [2.05, 4.69) is 20.2 Å². The van der Waals surface area contributed by atoms with Gasteiger partial charge < -0.3 is 9.64 Å². The first-order valence-electron chi connectivity index (χ1n) is 7.65. The van der Waals surface area contributed by atoms with Crippen molar-refractivity contribution in [1.82, 2.24) is 19.8 Å². The fourth-order valence-electron chi connectivity index (χ4n) is 3.29. The van der Waals surface area contributed by atoms with Crippen molar-refractivity contribution in [1.29, 1.82) is 0 Å². The minimum Gasteiger partial charge on any atom is -0.373 e. The molecule has 122 valence electrons. The summed E-state index contributed by atoms with van der Waals surface area (Å²) in [4.78, 5) is 25.5. The van der Waals surface area contributed by atoms with Crippen LogP contribution >= 0.6 is 22.7 Å². The summed E-state index contributed by atoms with van der Waals surface area (Å²) in [6.45, 7) is 5.80. The number of carbonyl (C=O) groups is 1. The molecule has 0 N–H and O–H groups in total. The smallest absolute Gasteiger partial charge is 0.273 e. The molecule has 0 saturated carbocycles. The highest BCUT2D eigenvalue weighted by molar-refractivity contribution is 7.09. The topological polar surface area (TPSA) is 58.6 Å². The Morgan fingerprint density at radius 2 is 2.35 bits per heavy atom. The largest absolute Gasteiger partial charge is 0.373 e. The van der Waals surface area contributed by atoms with Gasteiger partial charge in [-0.25, -0.2) is 9.97 Å². The summed E-state index contributed by atoms with van der Waals surface area (Å²) in [6.07, 6.45) is 0.0890. The predicted octanol–water partition coefficient (Wildman–Crippen LogP) is 1.63. The van der Waals surface area contributed by atoms with Crippen LogP contribution in [0.2, 0.25) is 0 Å². The molecule has 8 heteroatoms. The molecule has 4 heterocycles. The van der Waals surface area contributed by atoms with E-state index < -0.39 is 0 Å². The number of hydrogen-bond acceptors (Lipinski definition) is 7. The Morgan fingerprint density at radius 3 is 3.09 bits per heavy atom. The highest BCUT2D eigenvalue weighted by atomic mass is 32.1. The number of hydrogen-bond donors (Lipinski definition) is 0. The molecule has 1 amide bonds. The normalized spacial score (nSPS) is 24.8. The van der Waals surface area contributed by atoms with Crippen LogP contribution < -0.4 is 0 Å². The molecule has 2 atom stereocenters. The molecule has 2 aliphatic heterocycles. The molecule has 6 nitrogen and oxygen atoms in total. The van der Waals surface area contributed by atoms with Gasteiger partial charge in [0, 0.05) is 36.9 Å². The minimum atomic E-state index is 0.00806. The predicted molar refractivity (Wildman–Crippen MR) is 88.8 cm³/mol.